The van der Waals surface area contributed by atoms with Gasteiger partial charge in [0, 0.05) is 10.9 Å². The van der Waals surface area contributed by atoms with E-state index < -0.39 is 0 Å². The van der Waals surface area contributed by atoms with Gasteiger partial charge in [-0.1, -0.05) is 43.3 Å². The number of hydrogen-bond acceptors (Lipinski definition) is 4. The van der Waals surface area contributed by atoms with Gasteiger partial charge in [-0.3, -0.25) is 9.36 Å². The molecule has 0 aliphatic carbocycles. The van der Waals surface area contributed by atoms with Crippen LogP contribution in [0.25, 0.3) is 21.3 Å². The number of rotatable bonds is 6. The number of hydrogen-bond donors (Lipinski definition) is 0. The van der Waals surface area contributed by atoms with Crippen molar-refractivity contribution in [3.63, 3.8) is 0 Å². The minimum atomic E-state index is -0.00490. The van der Waals surface area contributed by atoms with Crippen molar-refractivity contribution in [2.45, 2.75) is 26.8 Å². The minimum Gasteiger partial charge on any atom is -0.494 e. The summed E-state index contributed by atoms with van der Waals surface area (Å²) in [7, 11) is 0. The molecule has 0 aliphatic heterocycles. The van der Waals surface area contributed by atoms with Crippen LogP contribution in [0.15, 0.2) is 65.0 Å². The second-order valence-electron chi connectivity index (χ2n) is 6.63. The van der Waals surface area contributed by atoms with Crippen LogP contribution in [0.5, 0.6) is 5.75 Å². The Kier molecular flexibility index (Phi) is 5.26. The van der Waals surface area contributed by atoms with Gasteiger partial charge in [-0.15, -0.1) is 11.3 Å². The molecule has 0 fully saturated rings. The molecule has 0 aliphatic rings. The Morgan fingerprint density at radius 1 is 1.00 bits per heavy atom. The lowest BCUT2D eigenvalue weighted by atomic mass is 10.1. The van der Waals surface area contributed by atoms with Crippen molar-refractivity contribution in [1.29, 1.82) is 0 Å². The lowest BCUT2D eigenvalue weighted by Gasteiger charge is -2.08. The molecule has 5 heteroatoms. The molecule has 0 radical (unpaired) electrons. The Balaban J connectivity index is 1.71. The number of ether oxygens (including phenoxy) is 1. The van der Waals surface area contributed by atoms with E-state index in [0.29, 0.717) is 18.5 Å². The van der Waals surface area contributed by atoms with Gasteiger partial charge in [-0.05, 0) is 42.2 Å². The highest BCUT2D eigenvalue weighted by Crippen LogP contribution is 2.31. The highest BCUT2D eigenvalue weighted by molar-refractivity contribution is 7.17. The van der Waals surface area contributed by atoms with E-state index >= 15 is 0 Å². The van der Waals surface area contributed by atoms with Gasteiger partial charge >= 0.3 is 0 Å². The van der Waals surface area contributed by atoms with Crippen LogP contribution in [0.3, 0.4) is 0 Å². The van der Waals surface area contributed by atoms with Gasteiger partial charge in [0.2, 0.25) is 0 Å². The van der Waals surface area contributed by atoms with Crippen LogP contribution in [-0.2, 0) is 13.0 Å². The first-order valence-electron chi connectivity index (χ1n) is 9.47. The molecular weight excluding hydrogens is 368 g/mol. The van der Waals surface area contributed by atoms with Gasteiger partial charge in [-0.25, -0.2) is 4.98 Å². The van der Waals surface area contributed by atoms with Gasteiger partial charge in [0.1, 0.15) is 10.6 Å². The molecule has 28 heavy (non-hydrogen) atoms. The largest absolute Gasteiger partial charge is 0.494 e. The third-order valence-electron chi connectivity index (χ3n) is 4.82. The molecule has 0 saturated heterocycles. The van der Waals surface area contributed by atoms with Crippen molar-refractivity contribution in [2.24, 2.45) is 0 Å². The summed E-state index contributed by atoms with van der Waals surface area (Å²) in [5, 5.41) is 2.69. The zero-order valence-corrected chi connectivity index (χ0v) is 16.8. The summed E-state index contributed by atoms with van der Waals surface area (Å²) in [6.45, 7) is 5.25. The highest BCUT2D eigenvalue weighted by Gasteiger charge is 2.13. The van der Waals surface area contributed by atoms with E-state index in [0.717, 1.165) is 33.7 Å². The summed E-state index contributed by atoms with van der Waals surface area (Å²) in [4.78, 5) is 18.5. The van der Waals surface area contributed by atoms with Gasteiger partial charge < -0.3 is 4.74 Å². The Morgan fingerprint density at radius 2 is 1.71 bits per heavy atom. The molecule has 0 saturated carbocycles. The summed E-state index contributed by atoms with van der Waals surface area (Å²) in [6, 6.07) is 16.2. The maximum absolute atomic E-state index is 13.2. The highest BCUT2D eigenvalue weighted by atomic mass is 32.1. The quantitative estimate of drug-likeness (QED) is 0.458. The molecule has 4 aromatic rings. The smallest absolute Gasteiger partial charge is 0.263 e. The third-order valence-corrected chi connectivity index (χ3v) is 5.71. The van der Waals surface area contributed by atoms with E-state index in [1.807, 2.05) is 36.6 Å². The molecule has 2 aromatic heterocycles. The fraction of sp³-hybridized carbons (Fsp3) is 0.217. The molecule has 0 spiro atoms. The maximum Gasteiger partial charge on any atom is 0.263 e. The maximum atomic E-state index is 13.2. The van der Waals surface area contributed by atoms with Crippen LogP contribution >= 0.6 is 11.3 Å². The van der Waals surface area contributed by atoms with E-state index in [1.165, 1.54) is 16.9 Å². The first kappa shape index (κ1) is 18.4. The molecular formula is C23H22N2O2S. The standard InChI is InChI=1S/C23H22N2O2S/c1-3-16-5-7-17(8-6-16)13-25-15-24-22-21(23(25)26)20(14-28-22)18-9-11-19(12-10-18)27-4-2/h5-12,14-15H,3-4,13H2,1-2H3. The predicted octanol–water partition coefficient (Wildman–Crippen LogP) is 5.13. The fourth-order valence-corrected chi connectivity index (χ4v) is 4.17. The van der Waals surface area contributed by atoms with Gasteiger partial charge in [0.25, 0.3) is 5.56 Å². The molecule has 0 atom stereocenters. The van der Waals surface area contributed by atoms with E-state index in [2.05, 4.69) is 36.2 Å². The van der Waals surface area contributed by atoms with Crippen LogP contribution in [0.1, 0.15) is 25.0 Å². The normalized spacial score (nSPS) is 11.1. The first-order chi connectivity index (χ1) is 13.7. The number of nitrogens with zero attached hydrogens (tertiary/aromatic N) is 2. The zero-order chi connectivity index (χ0) is 19.5. The lowest BCUT2D eigenvalue weighted by Crippen LogP contribution is -2.20. The van der Waals surface area contributed by atoms with Crippen LogP contribution < -0.4 is 10.3 Å². The van der Waals surface area contributed by atoms with Crippen molar-refractivity contribution >= 4 is 21.6 Å². The Hall–Kier alpha value is -2.92. The summed E-state index contributed by atoms with van der Waals surface area (Å²) < 4.78 is 7.20. The van der Waals surface area contributed by atoms with Crippen LogP contribution in [0.2, 0.25) is 0 Å². The van der Waals surface area contributed by atoms with Crippen molar-refractivity contribution in [2.75, 3.05) is 6.61 Å². The van der Waals surface area contributed by atoms with E-state index in [-0.39, 0.29) is 5.56 Å². The number of fused-ring (bicyclic) bond motifs is 1. The molecule has 142 valence electrons. The summed E-state index contributed by atoms with van der Waals surface area (Å²) in [5.41, 5.74) is 4.31. The zero-order valence-electron chi connectivity index (χ0n) is 16.0. The van der Waals surface area contributed by atoms with Gasteiger partial charge in [0.15, 0.2) is 0 Å². The SMILES string of the molecule is CCOc1ccc(-c2csc3ncn(Cc4ccc(CC)cc4)c(=O)c23)cc1. The Morgan fingerprint density at radius 3 is 2.39 bits per heavy atom. The number of aromatic nitrogens is 2. The number of benzene rings is 2. The molecule has 4 rings (SSSR count). The van der Waals surface area contributed by atoms with Crippen LogP contribution in [0, 0.1) is 0 Å². The third kappa shape index (κ3) is 3.58. The minimum absolute atomic E-state index is 0.00490. The molecule has 2 heterocycles. The second-order valence-corrected chi connectivity index (χ2v) is 7.49. The average molecular weight is 391 g/mol. The van der Waals surface area contributed by atoms with Crippen LogP contribution in [-0.4, -0.2) is 16.2 Å². The molecule has 0 amide bonds. The predicted molar refractivity (Wildman–Crippen MR) is 115 cm³/mol. The Labute approximate surface area is 168 Å². The summed E-state index contributed by atoms with van der Waals surface area (Å²) in [5.74, 6) is 0.830. The summed E-state index contributed by atoms with van der Waals surface area (Å²) >= 11 is 1.50. The average Bonchev–Trinajstić information content (AvgIpc) is 3.16. The van der Waals surface area contributed by atoms with Crippen LogP contribution in [0.4, 0.5) is 0 Å². The van der Waals surface area contributed by atoms with Crippen molar-refractivity contribution in [1.82, 2.24) is 9.55 Å². The molecule has 0 bridgehead atoms. The topological polar surface area (TPSA) is 44.1 Å². The number of aryl methyl sites for hydroxylation is 1. The van der Waals surface area contributed by atoms with Gasteiger partial charge in [0.05, 0.1) is 24.9 Å². The van der Waals surface area contributed by atoms with Crippen molar-refractivity contribution < 1.29 is 4.74 Å². The molecule has 2 aromatic carbocycles. The van der Waals surface area contributed by atoms with Crippen molar-refractivity contribution in [3.8, 4) is 16.9 Å². The lowest BCUT2D eigenvalue weighted by molar-refractivity contribution is 0.340. The first-order valence-corrected chi connectivity index (χ1v) is 10.3. The second kappa shape index (κ2) is 7.98. The van der Waals surface area contributed by atoms with E-state index in [4.69, 9.17) is 4.74 Å². The Bertz CT molecular complexity index is 1140. The van der Waals surface area contributed by atoms with Gasteiger partial charge in [-0.2, -0.15) is 0 Å². The number of thiophene rings is 1. The molecule has 0 N–H and O–H groups in total. The van der Waals surface area contributed by atoms with Crippen molar-refractivity contribution in [3.05, 3.63) is 81.7 Å². The summed E-state index contributed by atoms with van der Waals surface area (Å²) in [6.07, 6.45) is 2.66. The van der Waals surface area contributed by atoms with E-state index in [1.54, 1.807) is 10.9 Å². The monoisotopic (exact) mass is 390 g/mol. The fourth-order valence-electron chi connectivity index (χ4n) is 3.27. The molecule has 4 nitrogen and oxygen atoms in total. The molecule has 0 unspecified atom stereocenters. The van der Waals surface area contributed by atoms with E-state index in [9.17, 15) is 4.79 Å².